The Morgan fingerprint density at radius 1 is 1.04 bits per heavy atom. The first-order chi connectivity index (χ1) is 11.0. The molecule has 0 unspecified atom stereocenters. The number of ether oxygens (including phenoxy) is 3. The summed E-state index contributed by atoms with van der Waals surface area (Å²) in [5.41, 5.74) is 0.785. The van der Waals surface area contributed by atoms with Crippen LogP contribution in [0.25, 0.3) is 0 Å². The molecule has 8 heteroatoms. The zero-order valence-electron chi connectivity index (χ0n) is 12.7. The van der Waals surface area contributed by atoms with E-state index in [1.54, 1.807) is 18.2 Å². The minimum absolute atomic E-state index is 0.0359. The van der Waals surface area contributed by atoms with Gasteiger partial charge in [0.25, 0.3) is 0 Å². The van der Waals surface area contributed by atoms with Crippen LogP contribution in [-0.4, -0.2) is 76.6 Å². The zero-order valence-corrected chi connectivity index (χ0v) is 12.7. The number of aliphatic hydroxyl groups is 5. The van der Waals surface area contributed by atoms with Crippen LogP contribution in [0.2, 0.25) is 0 Å². The van der Waals surface area contributed by atoms with E-state index in [0.29, 0.717) is 12.2 Å². The van der Waals surface area contributed by atoms with Crippen molar-refractivity contribution in [3.8, 4) is 11.5 Å². The van der Waals surface area contributed by atoms with Crippen LogP contribution in [0, 0.1) is 0 Å². The Morgan fingerprint density at radius 2 is 1.78 bits per heavy atom. The molecule has 0 spiro atoms. The highest BCUT2D eigenvalue weighted by Gasteiger charge is 2.44. The lowest BCUT2D eigenvalue weighted by atomic mass is 9.99. The molecule has 1 aromatic carbocycles. The maximum Gasteiger partial charge on any atom is 0.229 e. The second kappa shape index (κ2) is 7.91. The molecule has 1 aromatic rings. The van der Waals surface area contributed by atoms with Crippen LogP contribution in [-0.2, 0) is 11.2 Å². The standard InChI is InChI=1S/C15H22O8/c1-21-9-3-2-8(4-5-16)6-10(9)22-15-14(20)13(19)12(18)11(7-17)23-15/h2-3,6,11-20H,4-5,7H2,1H3/t11-,12-,13+,14-,15-/m1/s1. The van der Waals surface area contributed by atoms with Gasteiger partial charge in [-0.25, -0.2) is 0 Å². The maximum atomic E-state index is 10.00. The van der Waals surface area contributed by atoms with E-state index in [1.165, 1.54) is 7.11 Å². The van der Waals surface area contributed by atoms with Crippen molar-refractivity contribution in [1.82, 2.24) is 0 Å². The van der Waals surface area contributed by atoms with Crippen LogP contribution in [0.15, 0.2) is 18.2 Å². The number of hydrogen-bond acceptors (Lipinski definition) is 8. The number of aliphatic hydroxyl groups excluding tert-OH is 5. The number of methoxy groups -OCH3 is 1. The third-order valence-corrected chi connectivity index (χ3v) is 3.72. The van der Waals surface area contributed by atoms with Crippen molar-refractivity contribution in [1.29, 1.82) is 0 Å². The highest BCUT2D eigenvalue weighted by Crippen LogP contribution is 2.32. The lowest BCUT2D eigenvalue weighted by Gasteiger charge is -2.39. The fraction of sp³-hybridized carbons (Fsp3) is 0.600. The van der Waals surface area contributed by atoms with Gasteiger partial charge in [-0.1, -0.05) is 6.07 Å². The fourth-order valence-corrected chi connectivity index (χ4v) is 2.39. The van der Waals surface area contributed by atoms with E-state index in [-0.39, 0.29) is 12.4 Å². The molecule has 2 rings (SSSR count). The van der Waals surface area contributed by atoms with Gasteiger partial charge in [0.15, 0.2) is 11.5 Å². The van der Waals surface area contributed by atoms with Crippen LogP contribution in [0.3, 0.4) is 0 Å². The predicted molar refractivity (Wildman–Crippen MR) is 78.2 cm³/mol. The van der Waals surface area contributed by atoms with Crippen LogP contribution in [0.1, 0.15) is 5.56 Å². The highest BCUT2D eigenvalue weighted by molar-refractivity contribution is 5.43. The molecule has 1 saturated heterocycles. The normalized spacial score (nSPS) is 31.0. The molecule has 0 saturated carbocycles. The minimum atomic E-state index is -1.52. The van der Waals surface area contributed by atoms with Gasteiger partial charge in [0.1, 0.15) is 24.4 Å². The van der Waals surface area contributed by atoms with Gasteiger partial charge in [-0.2, -0.15) is 0 Å². The summed E-state index contributed by atoms with van der Waals surface area (Å²) in [7, 11) is 1.45. The summed E-state index contributed by atoms with van der Waals surface area (Å²) in [4.78, 5) is 0. The molecule has 0 aromatic heterocycles. The molecule has 5 atom stereocenters. The predicted octanol–water partition coefficient (Wildman–Crippen LogP) is -1.59. The van der Waals surface area contributed by atoms with Crippen molar-refractivity contribution in [2.45, 2.75) is 37.1 Å². The van der Waals surface area contributed by atoms with E-state index in [9.17, 15) is 20.4 Å². The van der Waals surface area contributed by atoms with E-state index in [4.69, 9.17) is 19.3 Å². The number of rotatable bonds is 6. The molecule has 0 aliphatic carbocycles. The minimum Gasteiger partial charge on any atom is -0.493 e. The van der Waals surface area contributed by atoms with Crippen molar-refractivity contribution in [2.75, 3.05) is 20.3 Å². The Morgan fingerprint density at radius 3 is 2.39 bits per heavy atom. The average molecular weight is 330 g/mol. The molecule has 0 bridgehead atoms. The molecule has 0 radical (unpaired) electrons. The quantitative estimate of drug-likeness (QED) is 0.422. The maximum absolute atomic E-state index is 10.00. The first kappa shape index (κ1) is 17.9. The summed E-state index contributed by atoms with van der Waals surface area (Å²) in [6.07, 6.45) is -6.39. The number of hydrogen-bond donors (Lipinski definition) is 5. The van der Waals surface area contributed by atoms with Crippen molar-refractivity contribution >= 4 is 0 Å². The van der Waals surface area contributed by atoms with Gasteiger partial charge in [-0.3, -0.25) is 0 Å². The topological polar surface area (TPSA) is 129 Å². The van der Waals surface area contributed by atoms with E-state index in [0.717, 1.165) is 5.56 Å². The van der Waals surface area contributed by atoms with Gasteiger partial charge < -0.3 is 39.7 Å². The fourth-order valence-electron chi connectivity index (χ4n) is 2.39. The third kappa shape index (κ3) is 3.92. The summed E-state index contributed by atoms with van der Waals surface area (Å²) in [6, 6.07) is 5.02. The smallest absolute Gasteiger partial charge is 0.229 e. The Kier molecular flexibility index (Phi) is 6.17. The second-order valence-corrected chi connectivity index (χ2v) is 5.27. The summed E-state index contributed by atoms with van der Waals surface area (Å²) in [6.45, 7) is -0.571. The molecule has 130 valence electrons. The van der Waals surface area contributed by atoms with E-state index >= 15 is 0 Å². The molecule has 0 amide bonds. The van der Waals surface area contributed by atoms with Crippen molar-refractivity contribution in [3.63, 3.8) is 0 Å². The Balaban J connectivity index is 2.21. The van der Waals surface area contributed by atoms with Gasteiger partial charge in [0, 0.05) is 6.61 Å². The van der Waals surface area contributed by atoms with Gasteiger partial charge in [0.05, 0.1) is 13.7 Å². The van der Waals surface area contributed by atoms with Gasteiger partial charge in [0.2, 0.25) is 6.29 Å². The lowest BCUT2D eigenvalue weighted by molar-refractivity contribution is -0.277. The van der Waals surface area contributed by atoms with Crippen molar-refractivity contribution in [3.05, 3.63) is 23.8 Å². The summed E-state index contributed by atoms with van der Waals surface area (Å²) < 4.78 is 16.0. The lowest BCUT2D eigenvalue weighted by Crippen LogP contribution is -2.60. The zero-order chi connectivity index (χ0) is 17.0. The van der Waals surface area contributed by atoms with Crippen LogP contribution in [0.5, 0.6) is 11.5 Å². The molecule has 1 aliphatic rings. The molecular formula is C15H22O8. The van der Waals surface area contributed by atoms with Gasteiger partial charge >= 0.3 is 0 Å². The average Bonchev–Trinajstić information content (AvgIpc) is 2.56. The van der Waals surface area contributed by atoms with Crippen molar-refractivity contribution < 1.29 is 39.7 Å². The summed E-state index contributed by atoms with van der Waals surface area (Å²) >= 11 is 0. The van der Waals surface area contributed by atoms with Gasteiger partial charge in [-0.05, 0) is 24.1 Å². The molecule has 23 heavy (non-hydrogen) atoms. The van der Waals surface area contributed by atoms with E-state index < -0.39 is 37.3 Å². The van der Waals surface area contributed by atoms with Crippen molar-refractivity contribution in [2.24, 2.45) is 0 Å². The van der Waals surface area contributed by atoms with Crippen LogP contribution in [0.4, 0.5) is 0 Å². The Labute approximate surface area is 133 Å². The largest absolute Gasteiger partial charge is 0.493 e. The van der Waals surface area contributed by atoms with Crippen LogP contribution >= 0.6 is 0 Å². The summed E-state index contributed by atoms with van der Waals surface area (Å²) in [5, 5.41) is 47.7. The first-order valence-electron chi connectivity index (χ1n) is 7.26. The molecule has 5 N–H and O–H groups in total. The highest BCUT2D eigenvalue weighted by atomic mass is 16.7. The van der Waals surface area contributed by atoms with Gasteiger partial charge in [-0.15, -0.1) is 0 Å². The van der Waals surface area contributed by atoms with E-state index in [1.807, 2.05) is 0 Å². The SMILES string of the molecule is COc1ccc(CCO)cc1O[C@@H]1O[C@H](CO)[C@@H](O)[C@H](O)[C@H]1O. The Hall–Kier alpha value is -1.42. The Bertz CT molecular complexity index is 506. The molecule has 1 fully saturated rings. The van der Waals surface area contributed by atoms with Crippen LogP contribution < -0.4 is 9.47 Å². The first-order valence-corrected chi connectivity index (χ1v) is 7.26. The second-order valence-electron chi connectivity index (χ2n) is 5.27. The molecule has 1 heterocycles. The summed E-state index contributed by atoms with van der Waals surface area (Å²) in [5.74, 6) is 0.631. The molecule has 8 nitrogen and oxygen atoms in total. The molecular weight excluding hydrogens is 308 g/mol. The number of benzene rings is 1. The van der Waals surface area contributed by atoms with E-state index in [2.05, 4.69) is 0 Å². The third-order valence-electron chi connectivity index (χ3n) is 3.72. The molecule has 1 aliphatic heterocycles. The monoisotopic (exact) mass is 330 g/mol.